The molecular weight excluding hydrogens is 332 g/mol. The first kappa shape index (κ1) is 16.1. The van der Waals surface area contributed by atoms with E-state index in [1.807, 2.05) is 35.2 Å². The first-order chi connectivity index (χ1) is 12.6. The average Bonchev–Trinajstić information content (AvgIpc) is 3.13. The predicted molar refractivity (Wildman–Crippen MR) is 97.5 cm³/mol. The van der Waals surface area contributed by atoms with E-state index in [0.717, 1.165) is 5.69 Å². The van der Waals surface area contributed by atoms with E-state index in [1.165, 1.54) is 0 Å². The monoisotopic (exact) mass is 350 g/mol. The van der Waals surface area contributed by atoms with Gasteiger partial charge in [0.05, 0.1) is 30.0 Å². The Labute approximate surface area is 150 Å². The molecule has 0 atom stereocenters. The first-order valence-corrected chi connectivity index (χ1v) is 8.32. The lowest BCUT2D eigenvalue weighted by Crippen LogP contribution is -2.54. The second-order valence-corrected chi connectivity index (χ2v) is 6.21. The summed E-state index contributed by atoms with van der Waals surface area (Å²) in [6, 6.07) is 15.7. The quantitative estimate of drug-likeness (QED) is 0.739. The minimum Gasteiger partial charge on any atom is -0.508 e. The molecule has 6 heteroatoms. The topological polar surface area (TPSA) is 74.9 Å². The summed E-state index contributed by atoms with van der Waals surface area (Å²) in [5.41, 5.74) is 1.79. The van der Waals surface area contributed by atoms with Gasteiger partial charge in [0.15, 0.2) is 0 Å². The van der Waals surface area contributed by atoms with Gasteiger partial charge >= 0.3 is 5.97 Å². The maximum Gasteiger partial charge on any atom is 0.337 e. The van der Waals surface area contributed by atoms with E-state index in [0.29, 0.717) is 24.5 Å². The highest BCUT2D eigenvalue weighted by Crippen LogP contribution is 2.32. The average molecular weight is 350 g/mol. The van der Waals surface area contributed by atoms with Gasteiger partial charge in [-0.1, -0.05) is 6.07 Å². The number of carboxylic acids is 1. The smallest absolute Gasteiger partial charge is 0.337 e. The number of aromatic carboxylic acids is 1. The minimum atomic E-state index is -0.951. The van der Waals surface area contributed by atoms with Crippen molar-refractivity contribution < 1.29 is 19.7 Å². The molecule has 6 nitrogen and oxygen atoms in total. The van der Waals surface area contributed by atoms with Crippen molar-refractivity contribution in [3.8, 4) is 17.2 Å². The van der Waals surface area contributed by atoms with Gasteiger partial charge in [0.1, 0.15) is 17.6 Å². The van der Waals surface area contributed by atoms with Crippen molar-refractivity contribution in [1.29, 1.82) is 0 Å². The molecule has 0 aliphatic carbocycles. The number of aromatic nitrogens is 1. The van der Waals surface area contributed by atoms with E-state index in [9.17, 15) is 15.0 Å². The second kappa shape index (κ2) is 6.48. The van der Waals surface area contributed by atoms with E-state index >= 15 is 0 Å². The molecule has 1 aliphatic rings. The Morgan fingerprint density at radius 3 is 2.35 bits per heavy atom. The van der Waals surface area contributed by atoms with Crippen LogP contribution in [0.3, 0.4) is 0 Å². The molecule has 26 heavy (non-hydrogen) atoms. The van der Waals surface area contributed by atoms with Crippen molar-refractivity contribution in [3.63, 3.8) is 0 Å². The summed E-state index contributed by atoms with van der Waals surface area (Å²) < 4.78 is 7.72. The number of ether oxygens (including phenoxy) is 1. The van der Waals surface area contributed by atoms with Gasteiger partial charge in [-0.25, -0.2) is 4.79 Å². The van der Waals surface area contributed by atoms with Crippen LogP contribution < -0.4 is 9.64 Å². The fourth-order valence-corrected chi connectivity index (χ4v) is 3.14. The maximum atomic E-state index is 11.7. The molecule has 2 N–H and O–H groups in total. The van der Waals surface area contributed by atoms with Gasteiger partial charge in [-0.3, -0.25) is 0 Å². The highest BCUT2D eigenvalue weighted by molar-refractivity contribution is 5.95. The van der Waals surface area contributed by atoms with Gasteiger partial charge in [-0.05, 0) is 48.5 Å². The van der Waals surface area contributed by atoms with Gasteiger partial charge < -0.3 is 24.4 Å². The largest absolute Gasteiger partial charge is 0.508 e. The zero-order valence-electron chi connectivity index (χ0n) is 13.9. The Bertz CT molecular complexity index is 913. The van der Waals surface area contributed by atoms with Crippen molar-refractivity contribution in [2.75, 3.05) is 18.0 Å². The number of anilines is 1. The van der Waals surface area contributed by atoms with E-state index < -0.39 is 5.97 Å². The summed E-state index contributed by atoms with van der Waals surface area (Å²) in [5.74, 6) is -0.0419. The summed E-state index contributed by atoms with van der Waals surface area (Å²) in [6.07, 6.45) is 3.70. The second-order valence-electron chi connectivity index (χ2n) is 6.21. The summed E-state index contributed by atoms with van der Waals surface area (Å²) in [4.78, 5) is 13.8. The summed E-state index contributed by atoms with van der Waals surface area (Å²) in [6.45, 7) is 1.33. The van der Waals surface area contributed by atoms with E-state index in [4.69, 9.17) is 4.74 Å². The van der Waals surface area contributed by atoms with Gasteiger partial charge in [-0.15, -0.1) is 0 Å². The zero-order valence-corrected chi connectivity index (χ0v) is 13.9. The lowest BCUT2D eigenvalue weighted by Gasteiger charge is -2.41. The fraction of sp³-hybridized carbons (Fsp3) is 0.150. The molecule has 0 bridgehead atoms. The Morgan fingerprint density at radius 1 is 1.00 bits per heavy atom. The lowest BCUT2D eigenvalue weighted by molar-refractivity contribution is 0.0697. The molecule has 0 radical (unpaired) electrons. The predicted octanol–water partition coefficient (Wildman–Crippen LogP) is 3.15. The maximum absolute atomic E-state index is 11.7. The summed E-state index contributed by atoms with van der Waals surface area (Å²) in [5, 5.41) is 18.9. The number of benzene rings is 2. The molecule has 2 aromatic carbocycles. The highest BCUT2D eigenvalue weighted by Gasteiger charge is 2.31. The summed E-state index contributed by atoms with van der Waals surface area (Å²) >= 11 is 0. The number of para-hydroxylation sites is 1. The molecule has 1 aromatic heterocycles. The van der Waals surface area contributed by atoms with Crippen LogP contribution in [-0.4, -0.2) is 39.9 Å². The van der Waals surface area contributed by atoms with Crippen LogP contribution in [-0.2, 0) is 0 Å². The molecule has 0 amide bonds. The van der Waals surface area contributed by atoms with Gasteiger partial charge in [-0.2, -0.15) is 0 Å². The third-order valence-electron chi connectivity index (χ3n) is 4.44. The summed E-state index contributed by atoms with van der Waals surface area (Å²) in [7, 11) is 0. The Morgan fingerprint density at radius 2 is 1.69 bits per heavy atom. The van der Waals surface area contributed by atoms with Crippen LogP contribution >= 0.6 is 0 Å². The van der Waals surface area contributed by atoms with Crippen molar-refractivity contribution >= 4 is 11.7 Å². The van der Waals surface area contributed by atoms with Crippen molar-refractivity contribution in [2.45, 2.75) is 6.10 Å². The number of carboxylic acid groups (broad SMARTS) is 1. The number of phenols is 1. The Hall–Kier alpha value is -3.41. The van der Waals surface area contributed by atoms with Crippen molar-refractivity contribution in [2.24, 2.45) is 0 Å². The first-order valence-electron chi connectivity index (χ1n) is 8.32. The molecule has 0 saturated carbocycles. The number of hydrogen-bond donors (Lipinski definition) is 2. The van der Waals surface area contributed by atoms with E-state index in [1.54, 1.807) is 36.4 Å². The van der Waals surface area contributed by atoms with Crippen LogP contribution in [0.4, 0.5) is 5.69 Å². The highest BCUT2D eigenvalue weighted by atomic mass is 16.5. The third kappa shape index (κ3) is 2.97. The van der Waals surface area contributed by atoms with Crippen LogP contribution in [0.5, 0.6) is 11.5 Å². The molecule has 1 aliphatic heterocycles. The molecule has 0 spiro atoms. The number of phenolic OH excluding ortho intramolecular Hbond substituents is 1. The van der Waals surface area contributed by atoms with Gasteiger partial charge in [0, 0.05) is 12.4 Å². The molecule has 2 heterocycles. The van der Waals surface area contributed by atoms with Crippen LogP contribution in [0, 0.1) is 0 Å². The zero-order chi connectivity index (χ0) is 18.1. The molecule has 0 unspecified atom stereocenters. The number of rotatable bonds is 5. The third-order valence-corrected chi connectivity index (χ3v) is 4.44. The van der Waals surface area contributed by atoms with Crippen LogP contribution in [0.1, 0.15) is 10.4 Å². The van der Waals surface area contributed by atoms with Crippen LogP contribution in [0.15, 0.2) is 67.0 Å². The van der Waals surface area contributed by atoms with Gasteiger partial charge in [0.25, 0.3) is 0 Å². The van der Waals surface area contributed by atoms with E-state index in [-0.39, 0.29) is 17.4 Å². The normalized spacial score (nSPS) is 14.1. The van der Waals surface area contributed by atoms with Crippen molar-refractivity contribution in [3.05, 3.63) is 72.6 Å². The lowest BCUT2D eigenvalue weighted by atomic mass is 10.1. The van der Waals surface area contributed by atoms with Crippen LogP contribution in [0.2, 0.25) is 0 Å². The fourth-order valence-electron chi connectivity index (χ4n) is 3.14. The molecule has 1 fully saturated rings. The molecule has 132 valence electrons. The Balaban J connectivity index is 1.55. The molecule has 4 rings (SSSR count). The van der Waals surface area contributed by atoms with Crippen molar-refractivity contribution in [1.82, 2.24) is 4.57 Å². The number of nitrogens with zero attached hydrogens (tertiary/aromatic N) is 2. The minimum absolute atomic E-state index is 0.0190. The molecule has 3 aromatic rings. The Kier molecular flexibility index (Phi) is 4.01. The SMILES string of the molecule is O=C(O)c1cccc(N2CC(Oc3ccc(O)cc3)C2)c1-n1cccc1. The molecule has 1 saturated heterocycles. The van der Waals surface area contributed by atoms with Gasteiger partial charge in [0.2, 0.25) is 0 Å². The van der Waals surface area contributed by atoms with Crippen LogP contribution in [0.25, 0.3) is 5.69 Å². The standard InChI is InChI=1S/C20H18N2O4/c23-14-6-8-15(9-7-14)26-16-12-22(13-16)18-5-3-4-17(20(24)25)19(18)21-10-1-2-11-21/h1-11,16,23H,12-13H2,(H,24,25). The number of hydrogen-bond acceptors (Lipinski definition) is 4. The number of carbonyl (C=O) groups is 1. The van der Waals surface area contributed by atoms with E-state index in [2.05, 4.69) is 4.90 Å². The number of aromatic hydroxyl groups is 1. The molecular formula is C20H18N2O4.